The highest BCUT2D eigenvalue weighted by atomic mass is 16.5. The van der Waals surface area contributed by atoms with Gasteiger partial charge in [0, 0.05) is 0 Å². The van der Waals surface area contributed by atoms with E-state index < -0.39 is 0 Å². The molecule has 20 heavy (non-hydrogen) atoms. The third-order valence-electron chi connectivity index (χ3n) is 3.34. The van der Waals surface area contributed by atoms with E-state index in [1.807, 2.05) is 12.1 Å². The Bertz CT molecular complexity index is 376. The van der Waals surface area contributed by atoms with Crippen molar-refractivity contribution in [1.29, 1.82) is 0 Å². The molecule has 0 aromatic heterocycles. The summed E-state index contributed by atoms with van der Waals surface area (Å²) in [6.45, 7) is 4.39. The predicted octanol–water partition coefficient (Wildman–Crippen LogP) is 4.60. The molecular weight excluding hydrogens is 252 g/mol. The maximum Gasteiger partial charge on any atom is 0.337 e. The van der Waals surface area contributed by atoms with Crippen LogP contribution in [0.4, 0.5) is 0 Å². The Morgan fingerprint density at radius 2 is 1.60 bits per heavy atom. The van der Waals surface area contributed by atoms with E-state index in [4.69, 9.17) is 4.74 Å². The summed E-state index contributed by atoms with van der Waals surface area (Å²) < 4.78 is 10.7. The average Bonchev–Trinajstić information content (AvgIpc) is 2.49. The summed E-state index contributed by atoms with van der Waals surface area (Å²) >= 11 is 0. The highest BCUT2D eigenvalue weighted by molar-refractivity contribution is 5.89. The third kappa shape index (κ3) is 5.64. The van der Waals surface area contributed by atoms with E-state index in [9.17, 15) is 4.79 Å². The average molecular weight is 278 g/mol. The summed E-state index contributed by atoms with van der Waals surface area (Å²) in [5.41, 5.74) is 0.554. The molecule has 112 valence electrons. The zero-order valence-corrected chi connectivity index (χ0v) is 12.9. The van der Waals surface area contributed by atoms with Crippen LogP contribution < -0.4 is 4.74 Å². The van der Waals surface area contributed by atoms with Gasteiger partial charge in [0.15, 0.2) is 0 Å². The SMILES string of the molecule is CCCCC(CCCC)Oc1ccc(C(=O)OC)cc1. The molecule has 0 atom stereocenters. The zero-order chi connectivity index (χ0) is 14.8. The molecule has 0 spiro atoms. The van der Waals surface area contributed by atoms with Gasteiger partial charge in [-0.15, -0.1) is 0 Å². The van der Waals surface area contributed by atoms with Crippen LogP contribution in [0, 0.1) is 0 Å². The standard InChI is InChI=1S/C17H26O3/c1-4-6-8-15(9-7-5-2)20-16-12-10-14(11-13-16)17(18)19-3/h10-13,15H,4-9H2,1-3H3. The topological polar surface area (TPSA) is 35.5 Å². The van der Waals surface area contributed by atoms with Gasteiger partial charge >= 0.3 is 5.97 Å². The van der Waals surface area contributed by atoms with Crippen LogP contribution in [0.3, 0.4) is 0 Å². The molecular formula is C17H26O3. The second kappa shape index (κ2) is 9.40. The largest absolute Gasteiger partial charge is 0.490 e. The van der Waals surface area contributed by atoms with Crippen LogP contribution in [0.2, 0.25) is 0 Å². The van der Waals surface area contributed by atoms with Crippen LogP contribution in [0.1, 0.15) is 62.7 Å². The molecule has 0 saturated carbocycles. The molecule has 1 rings (SSSR count). The minimum atomic E-state index is -0.315. The summed E-state index contributed by atoms with van der Waals surface area (Å²) in [4.78, 5) is 11.4. The molecule has 0 aliphatic rings. The number of esters is 1. The first-order valence-corrected chi connectivity index (χ1v) is 7.56. The van der Waals surface area contributed by atoms with Crippen LogP contribution in [0.5, 0.6) is 5.75 Å². The molecule has 0 N–H and O–H groups in total. The molecule has 0 aliphatic carbocycles. The van der Waals surface area contributed by atoms with Gasteiger partial charge in [-0.1, -0.05) is 39.5 Å². The fraction of sp³-hybridized carbons (Fsp3) is 0.588. The number of carbonyl (C=O) groups excluding carboxylic acids is 1. The van der Waals surface area contributed by atoms with Crippen molar-refractivity contribution >= 4 is 5.97 Å². The van der Waals surface area contributed by atoms with Crippen molar-refractivity contribution in [2.45, 2.75) is 58.5 Å². The molecule has 0 fully saturated rings. The quantitative estimate of drug-likeness (QED) is 0.619. The minimum Gasteiger partial charge on any atom is -0.490 e. The number of hydrogen-bond donors (Lipinski definition) is 0. The number of carbonyl (C=O) groups is 1. The number of benzene rings is 1. The Balaban J connectivity index is 2.60. The second-order valence-electron chi connectivity index (χ2n) is 5.04. The molecule has 0 radical (unpaired) electrons. The van der Waals surface area contributed by atoms with Gasteiger partial charge in [0.05, 0.1) is 18.8 Å². The van der Waals surface area contributed by atoms with E-state index in [-0.39, 0.29) is 12.1 Å². The van der Waals surface area contributed by atoms with Crippen LogP contribution in [0.25, 0.3) is 0 Å². The summed E-state index contributed by atoms with van der Waals surface area (Å²) in [5, 5.41) is 0. The van der Waals surface area contributed by atoms with Gasteiger partial charge in [-0.05, 0) is 37.1 Å². The molecule has 3 nitrogen and oxygen atoms in total. The monoisotopic (exact) mass is 278 g/mol. The van der Waals surface area contributed by atoms with Gasteiger partial charge in [0.1, 0.15) is 5.75 Å². The van der Waals surface area contributed by atoms with E-state index in [1.54, 1.807) is 12.1 Å². The number of ether oxygens (including phenoxy) is 2. The van der Waals surface area contributed by atoms with Crippen LogP contribution in [-0.4, -0.2) is 19.2 Å². The normalized spacial score (nSPS) is 10.6. The molecule has 0 heterocycles. The van der Waals surface area contributed by atoms with Gasteiger partial charge in [-0.3, -0.25) is 0 Å². The molecule has 1 aromatic carbocycles. The van der Waals surface area contributed by atoms with E-state index >= 15 is 0 Å². The molecule has 0 unspecified atom stereocenters. The number of unbranched alkanes of at least 4 members (excludes halogenated alkanes) is 2. The van der Waals surface area contributed by atoms with Crippen molar-refractivity contribution < 1.29 is 14.3 Å². The summed E-state index contributed by atoms with van der Waals surface area (Å²) in [5.74, 6) is 0.514. The molecule has 0 amide bonds. The van der Waals surface area contributed by atoms with E-state index in [2.05, 4.69) is 18.6 Å². The molecule has 0 saturated heterocycles. The number of rotatable bonds is 9. The lowest BCUT2D eigenvalue weighted by Gasteiger charge is -2.19. The Morgan fingerprint density at radius 3 is 2.05 bits per heavy atom. The van der Waals surface area contributed by atoms with Gasteiger partial charge in [-0.2, -0.15) is 0 Å². The Kier molecular flexibility index (Phi) is 7.78. The molecule has 1 aromatic rings. The molecule has 0 bridgehead atoms. The third-order valence-corrected chi connectivity index (χ3v) is 3.34. The Morgan fingerprint density at radius 1 is 1.05 bits per heavy atom. The van der Waals surface area contributed by atoms with E-state index in [0.29, 0.717) is 5.56 Å². The summed E-state index contributed by atoms with van der Waals surface area (Å²) in [6, 6.07) is 7.18. The Labute approximate surface area is 122 Å². The van der Waals surface area contributed by atoms with Crippen LogP contribution in [-0.2, 0) is 4.74 Å². The van der Waals surface area contributed by atoms with Gasteiger partial charge in [-0.25, -0.2) is 4.79 Å². The second-order valence-corrected chi connectivity index (χ2v) is 5.04. The highest BCUT2D eigenvalue weighted by Gasteiger charge is 2.11. The van der Waals surface area contributed by atoms with Gasteiger partial charge in [0.25, 0.3) is 0 Å². The number of methoxy groups -OCH3 is 1. The van der Waals surface area contributed by atoms with Crippen LogP contribution in [0.15, 0.2) is 24.3 Å². The van der Waals surface area contributed by atoms with Gasteiger partial charge in [0.2, 0.25) is 0 Å². The van der Waals surface area contributed by atoms with Crippen molar-refractivity contribution in [3.63, 3.8) is 0 Å². The first-order chi connectivity index (χ1) is 9.71. The van der Waals surface area contributed by atoms with E-state index in [0.717, 1.165) is 18.6 Å². The number of hydrogen-bond acceptors (Lipinski definition) is 3. The maximum absolute atomic E-state index is 11.4. The lowest BCUT2D eigenvalue weighted by atomic mass is 10.1. The molecule has 3 heteroatoms. The van der Waals surface area contributed by atoms with Crippen molar-refractivity contribution in [3.8, 4) is 5.75 Å². The summed E-state index contributed by atoms with van der Waals surface area (Å²) in [6.07, 6.45) is 7.22. The first kappa shape index (κ1) is 16.5. The van der Waals surface area contributed by atoms with Crippen molar-refractivity contribution in [2.75, 3.05) is 7.11 Å². The lowest BCUT2D eigenvalue weighted by molar-refractivity contribution is 0.0600. The fourth-order valence-corrected chi connectivity index (χ4v) is 2.11. The maximum atomic E-state index is 11.4. The van der Waals surface area contributed by atoms with E-state index in [1.165, 1.54) is 32.8 Å². The molecule has 0 aliphatic heterocycles. The highest BCUT2D eigenvalue weighted by Crippen LogP contribution is 2.19. The predicted molar refractivity (Wildman–Crippen MR) is 81.2 cm³/mol. The van der Waals surface area contributed by atoms with Gasteiger partial charge < -0.3 is 9.47 Å². The fourth-order valence-electron chi connectivity index (χ4n) is 2.11. The van der Waals surface area contributed by atoms with Crippen LogP contribution >= 0.6 is 0 Å². The van der Waals surface area contributed by atoms with Crippen molar-refractivity contribution in [1.82, 2.24) is 0 Å². The lowest BCUT2D eigenvalue weighted by Crippen LogP contribution is -2.16. The first-order valence-electron chi connectivity index (χ1n) is 7.56. The smallest absolute Gasteiger partial charge is 0.337 e. The van der Waals surface area contributed by atoms with Crippen molar-refractivity contribution in [3.05, 3.63) is 29.8 Å². The van der Waals surface area contributed by atoms with Crippen molar-refractivity contribution in [2.24, 2.45) is 0 Å². The Hall–Kier alpha value is -1.51. The minimum absolute atomic E-state index is 0.277. The zero-order valence-electron chi connectivity index (χ0n) is 12.9. The summed E-state index contributed by atoms with van der Waals surface area (Å²) in [7, 11) is 1.39.